The van der Waals surface area contributed by atoms with E-state index in [9.17, 15) is 20.0 Å². The molecule has 1 atom stereocenters. The van der Waals surface area contributed by atoms with Crippen LogP contribution in [0, 0.1) is 10.1 Å². The first-order chi connectivity index (χ1) is 10.6. The van der Waals surface area contributed by atoms with Crippen LogP contribution in [0.3, 0.4) is 0 Å². The molecule has 0 aliphatic heterocycles. The Kier molecular flexibility index (Phi) is 5.05. The van der Waals surface area contributed by atoms with Crippen molar-refractivity contribution in [2.24, 2.45) is 0 Å². The average molecular weight is 301 g/mol. The van der Waals surface area contributed by atoms with Gasteiger partial charge in [-0.3, -0.25) is 25.8 Å². The zero-order chi connectivity index (χ0) is 15.9. The molecular weight excluding hydrogens is 286 g/mol. The summed E-state index contributed by atoms with van der Waals surface area (Å²) < 4.78 is 0. The molecule has 2 aromatic rings. The Morgan fingerprint density at radius 3 is 2.45 bits per heavy atom. The predicted molar refractivity (Wildman–Crippen MR) is 80.9 cm³/mol. The van der Waals surface area contributed by atoms with E-state index >= 15 is 0 Å². The van der Waals surface area contributed by atoms with Crippen molar-refractivity contribution in [3.8, 4) is 0 Å². The predicted octanol–water partition coefficient (Wildman–Crippen LogP) is 2.16. The van der Waals surface area contributed by atoms with Crippen LogP contribution in [0.4, 0.5) is 11.4 Å². The topological polar surface area (TPSA) is 104 Å². The number of nitro groups is 1. The number of nitro benzene ring substituents is 1. The van der Waals surface area contributed by atoms with E-state index in [1.807, 2.05) is 6.07 Å². The van der Waals surface area contributed by atoms with Crippen molar-refractivity contribution in [2.75, 3.05) is 5.43 Å². The Balaban J connectivity index is 1.92. The quantitative estimate of drug-likeness (QED) is 0.560. The number of hydrazine groups is 1. The van der Waals surface area contributed by atoms with Gasteiger partial charge < -0.3 is 5.11 Å². The molecule has 7 nitrogen and oxygen atoms in total. The summed E-state index contributed by atoms with van der Waals surface area (Å²) in [5.41, 5.74) is 5.50. The summed E-state index contributed by atoms with van der Waals surface area (Å²) in [6.07, 6.45) is -1.09. The molecule has 0 aliphatic carbocycles. The van der Waals surface area contributed by atoms with E-state index in [1.165, 1.54) is 18.2 Å². The van der Waals surface area contributed by atoms with Gasteiger partial charge in [0.2, 0.25) is 5.91 Å². The first kappa shape index (κ1) is 15.5. The number of para-hydroxylation sites is 2. The lowest BCUT2D eigenvalue weighted by atomic mass is 10.1. The Morgan fingerprint density at radius 1 is 1.14 bits per heavy atom. The SMILES string of the molecule is O=C(CC(O)c1ccccc1)NNc1ccccc1[N+](=O)[O-]. The van der Waals surface area contributed by atoms with Crippen LogP contribution in [0.15, 0.2) is 54.6 Å². The van der Waals surface area contributed by atoms with Gasteiger partial charge in [-0.1, -0.05) is 42.5 Å². The highest BCUT2D eigenvalue weighted by atomic mass is 16.6. The van der Waals surface area contributed by atoms with Crippen molar-refractivity contribution in [2.45, 2.75) is 12.5 Å². The normalized spacial score (nSPS) is 11.5. The molecule has 114 valence electrons. The number of carbonyl (C=O) groups is 1. The number of nitrogens with one attached hydrogen (secondary N) is 2. The average Bonchev–Trinajstić information content (AvgIpc) is 2.54. The molecular formula is C15H15N3O4. The van der Waals surface area contributed by atoms with Gasteiger partial charge in [0, 0.05) is 6.07 Å². The summed E-state index contributed by atoms with van der Waals surface area (Å²) >= 11 is 0. The summed E-state index contributed by atoms with van der Waals surface area (Å²) in [7, 11) is 0. The van der Waals surface area contributed by atoms with E-state index < -0.39 is 16.9 Å². The van der Waals surface area contributed by atoms with Crippen LogP contribution in [0.1, 0.15) is 18.1 Å². The number of amides is 1. The highest BCUT2D eigenvalue weighted by Gasteiger charge is 2.15. The van der Waals surface area contributed by atoms with Crippen LogP contribution in [-0.2, 0) is 4.79 Å². The van der Waals surface area contributed by atoms with Gasteiger partial charge in [-0.05, 0) is 11.6 Å². The minimum Gasteiger partial charge on any atom is -0.388 e. The third kappa shape index (κ3) is 4.03. The van der Waals surface area contributed by atoms with E-state index in [0.29, 0.717) is 5.56 Å². The lowest BCUT2D eigenvalue weighted by Crippen LogP contribution is -2.30. The Morgan fingerprint density at radius 2 is 1.77 bits per heavy atom. The Hall–Kier alpha value is -2.93. The number of benzene rings is 2. The fourth-order valence-electron chi connectivity index (χ4n) is 1.90. The molecule has 2 rings (SSSR count). The van der Waals surface area contributed by atoms with Gasteiger partial charge in [0.15, 0.2) is 0 Å². The Labute approximate surface area is 126 Å². The van der Waals surface area contributed by atoms with Crippen molar-refractivity contribution >= 4 is 17.3 Å². The molecule has 0 bridgehead atoms. The molecule has 3 N–H and O–H groups in total. The highest BCUT2D eigenvalue weighted by molar-refractivity contribution is 5.79. The van der Waals surface area contributed by atoms with E-state index in [1.54, 1.807) is 30.3 Å². The van der Waals surface area contributed by atoms with Gasteiger partial charge in [0.25, 0.3) is 5.69 Å². The van der Waals surface area contributed by atoms with Gasteiger partial charge in [-0.2, -0.15) is 0 Å². The van der Waals surface area contributed by atoms with Crippen LogP contribution in [-0.4, -0.2) is 15.9 Å². The number of aliphatic hydroxyl groups is 1. The van der Waals surface area contributed by atoms with Crippen molar-refractivity contribution in [3.63, 3.8) is 0 Å². The number of hydrogen-bond donors (Lipinski definition) is 3. The van der Waals surface area contributed by atoms with E-state index in [0.717, 1.165) is 0 Å². The van der Waals surface area contributed by atoms with Crippen LogP contribution in [0.2, 0.25) is 0 Å². The van der Waals surface area contributed by atoms with E-state index in [2.05, 4.69) is 10.9 Å². The molecule has 0 aliphatic rings. The van der Waals surface area contributed by atoms with Gasteiger partial charge in [0.1, 0.15) is 5.69 Å². The molecule has 1 unspecified atom stereocenters. The summed E-state index contributed by atoms with van der Waals surface area (Å²) in [6, 6.07) is 14.7. The summed E-state index contributed by atoms with van der Waals surface area (Å²) in [5, 5.41) is 20.8. The first-order valence-corrected chi connectivity index (χ1v) is 6.59. The summed E-state index contributed by atoms with van der Waals surface area (Å²) in [4.78, 5) is 22.1. The number of aliphatic hydroxyl groups excluding tert-OH is 1. The maximum Gasteiger partial charge on any atom is 0.294 e. The molecule has 0 radical (unpaired) electrons. The van der Waals surface area contributed by atoms with Crippen LogP contribution in [0.5, 0.6) is 0 Å². The molecule has 2 aromatic carbocycles. The van der Waals surface area contributed by atoms with Crippen molar-refractivity contribution in [1.82, 2.24) is 5.43 Å². The number of nitrogens with zero attached hydrogens (tertiary/aromatic N) is 1. The molecule has 0 spiro atoms. The maximum atomic E-state index is 11.8. The van der Waals surface area contributed by atoms with E-state index in [-0.39, 0.29) is 17.8 Å². The van der Waals surface area contributed by atoms with Crippen LogP contribution in [0.25, 0.3) is 0 Å². The van der Waals surface area contributed by atoms with Crippen LogP contribution >= 0.6 is 0 Å². The molecule has 7 heteroatoms. The largest absolute Gasteiger partial charge is 0.388 e. The second-order valence-electron chi connectivity index (χ2n) is 4.58. The summed E-state index contributed by atoms with van der Waals surface area (Å²) in [5.74, 6) is -0.477. The smallest absolute Gasteiger partial charge is 0.294 e. The first-order valence-electron chi connectivity index (χ1n) is 6.59. The molecule has 0 fully saturated rings. The fraction of sp³-hybridized carbons (Fsp3) is 0.133. The molecule has 0 aromatic heterocycles. The van der Waals surface area contributed by atoms with Crippen molar-refractivity contribution < 1.29 is 14.8 Å². The minimum absolute atomic E-state index is 0.147. The molecule has 22 heavy (non-hydrogen) atoms. The fourth-order valence-corrected chi connectivity index (χ4v) is 1.90. The molecule has 1 amide bonds. The number of hydrogen-bond acceptors (Lipinski definition) is 5. The summed E-state index contributed by atoms with van der Waals surface area (Å²) in [6.45, 7) is 0. The van der Waals surface area contributed by atoms with Crippen LogP contribution < -0.4 is 10.9 Å². The van der Waals surface area contributed by atoms with E-state index in [4.69, 9.17) is 0 Å². The molecule has 0 saturated carbocycles. The third-order valence-electron chi connectivity index (χ3n) is 3.00. The maximum absolute atomic E-state index is 11.8. The molecule has 0 heterocycles. The molecule has 0 saturated heterocycles. The zero-order valence-electron chi connectivity index (χ0n) is 11.6. The van der Waals surface area contributed by atoms with Crippen molar-refractivity contribution in [3.05, 3.63) is 70.3 Å². The number of rotatable bonds is 6. The number of carbonyl (C=O) groups excluding carboxylic acids is 1. The number of anilines is 1. The second kappa shape index (κ2) is 7.19. The highest BCUT2D eigenvalue weighted by Crippen LogP contribution is 2.22. The third-order valence-corrected chi connectivity index (χ3v) is 3.00. The monoisotopic (exact) mass is 301 g/mol. The lowest BCUT2D eigenvalue weighted by molar-refractivity contribution is -0.384. The Bertz CT molecular complexity index is 661. The van der Waals surface area contributed by atoms with Gasteiger partial charge in [0.05, 0.1) is 17.4 Å². The van der Waals surface area contributed by atoms with Crippen molar-refractivity contribution in [1.29, 1.82) is 0 Å². The standard InChI is InChI=1S/C15H15N3O4/c19-14(11-6-2-1-3-7-11)10-15(20)17-16-12-8-4-5-9-13(12)18(21)22/h1-9,14,16,19H,10H2,(H,17,20). The zero-order valence-corrected chi connectivity index (χ0v) is 11.6. The van der Waals surface area contributed by atoms with Gasteiger partial charge in [-0.15, -0.1) is 0 Å². The van der Waals surface area contributed by atoms with Gasteiger partial charge in [-0.25, -0.2) is 0 Å². The second-order valence-corrected chi connectivity index (χ2v) is 4.58. The van der Waals surface area contributed by atoms with Gasteiger partial charge >= 0.3 is 0 Å². The minimum atomic E-state index is -0.936. The lowest BCUT2D eigenvalue weighted by Gasteiger charge is -2.12.